The fraction of sp³-hybridized carbons (Fsp3) is 0.455. The Morgan fingerprint density at radius 1 is 1.36 bits per heavy atom. The average molecular weight is 211 g/mol. The Kier molecular flexibility index (Phi) is 5.01. The fourth-order valence-electron chi connectivity index (χ4n) is 1.32. The summed E-state index contributed by atoms with van der Waals surface area (Å²) in [6, 6.07) is 9.86. The molecule has 2 unspecified atom stereocenters. The molecule has 0 radical (unpaired) electrons. The van der Waals surface area contributed by atoms with E-state index in [2.05, 4.69) is 0 Å². The van der Waals surface area contributed by atoms with Crippen LogP contribution in [-0.2, 0) is 6.42 Å². The van der Waals surface area contributed by atoms with Gasteiger partial charge in [0.15, 0.2) is 0 Å². The van der Waals surface area contributed by atoms with Crippen LogP contribution in [0.2, 0.25) is 0 Å². The van der Waals surface area contributed by atoms with Gasteiger partial charge in [-0.25, -0.2) is 0 Å². The lowest BCUT2D eigenvalue weighted by Gasteiger charge is -2.17. The smallest absolute Gasteiger partial charge is 0.0784 e. The van der Waals surface area contributed by atoms with E-state index in [9.17, 15) is 5.11 Å². The van der Waals surface area contributed by atoms with Crippen molar-refractivity contribution in [1.29, 1.82) is 0 Å². The number of benzene rings is 1. The van der Waals surface area contributed by atoms with Crippen molar-refractivity contribution < 1.29 is 5.11 Å². The van der Waals surface area contributed by atoms with Crippen molar-refractivity contribution in [3.8, 4) is 0 Å². The molecule has 78 valence electrons. The summed E-state index contributed by atoms with van der Waals surface area (Å²) in [5.41, 5.74) is 7.05. The zero-order chi connectivity index (χ0) is 10.4. The molecule has 3 N–H and O–H groups in total. The molecule has 0 aliphatic heterocycles. The average Bonchev–Trinajstić information content (AvgIpc) is 2.19. The second kappa shape index (κ2) is 6.06. The van der Waals surface area contributed by atoms with E-state index in [1.54, 1.807) is 11.8 Å². The van der Waals surface area contributed by atoms with Gasteiger partial charge in [-0.15, -0.1) is 0 Å². The molecule has 0 aliphatic carbocycles. The number of thioether (sulfide) groups is 1. The molecule has 0 heterocycles. The summed E-state index contributed by atoms with van der Waals surface area (Å²) in [6.45, 7) is 0. The van der Waals surface area contributed by atoms with Crippen molar-refractivity contribution in [2.75, 3.05) is 12.0 Å². The zero-order valence-corrected chi connectivity index (χ0v) is 9.20. The van der Waals surface area contributed by atoms with Gasteiger partial charge in [0, 0.05) is 11.8 Å². The molecule has 2 nitrogen and oxygen atoms in total. The van der Waals surface area contributed by atoms with E-state index in [1.807, 2.05) is 36.6 Å². The van der Waals surface area contributed by atoms with E-state index < -0.39 is 6.10 Å². The fourth-order valence-corrected chi connectivity index (χ4v) is 1.91. The lowest BCUT2D eigenvalue weighted by Crippen LogP contribution is -2.38. The summed E-state index contributed by atoms with van der Waals surface area (Å²) < 4.78 is 0. The van der Waals surface area contributed by atoms with E-state index in [-0.39, 0.29) is 6.04 Å². The SMILES string of the molecule is CSCC(O)C(N)Cc1ccccc1. The van der Waals surface area contributed by atoms with Crippen LogP contribution in [0.25, 0.3) is 0 Å². The molecule has 0 aromatic heterocycles. The minimum atomic E-state index is -0.412. The predicted molar refractivity (Wildman–Crippen MR) is 62.5 cm³/mol. The Hall–Kier alpha value is -0.510. The Morgan fingerprint density at radius 2 is 2.00 bits per heavy atom. The van der Waals surface area contributed by atoms with E-state index in [4.69, 9.17) is 5.73 Å². The number of aliphatic hydroxyl groups excluding tert-OH is 1. The number of rotatable bonds is 5. The second-order valence-corrected chi connectivity index (χ2v) is 4.29. The molecule has 0 saturated carbocycles. The third kappa shape index (κ3) is 3.70. The molecular weight excluding hydrogens is 194 g/mol. The highest BCUT2D eigenvalue weighted by Gasteiger charge is 2.13. The molecule has 14 heavy (non-hydrogen) atoms. The first kappa shape index (κ1) is 11.6. The normalized spacial score (nSPS) is 15.1. The van der Waals surface area contributed by atoms with Gasteiger partial charge in [0.2, 0.25) is 0 Å². The first-order chi connectivity index (χ1) is 6.74. The third-order valence-corrected chi connectivity index (χ3v) is 2.82. The molecule has 0 aliphatic rings. The van der Waals surface area contributed by atoms with Crippen molar-refractivity contribution in [1.82, 2.24) is 0 Å². The Morgan fingerprint density at radius 3 is 2.57 bits per heavy atom. The summed E-state index contributed by atoms with van der Waals surface area (Å²) in [6.07, 6.45) is 2.30. The van der Waals surface area contributed by atoms with Gasteiger partial charge in [0.25, 0.3) is 0 Å². The molecule has 0 amide bonds. The maximum atomic E-state index is 9.63. The molecule has 1 rings (SSSR count). The van der Waals surface area contributed by atoms with Crippen LogP contribution in [0.15, 0.2) is 30.3 Å². The van der Waals surface area contributed by atoms with Crippen molar-refractivity contribution >= 4 is 11.8 Å². The van der Waals surface area contributed by atoms with E-state index in [0.29, 0.717) is 5.75 Å². The van der Waals surface area contributed by atoms with Gasteiger partial charge < -0.3 is 10.8 Å². The summed E-state index contributed by atoms with van der Waals surface area (Å²) >= 11 is 1.62. The van der Waals surface area contributed by atoms with Crippen LogP contribution in [0.4, 0.5) is 0 Å². The summed E-state index contributed by atoms with van der Waals surface area (Å²) in [5, 5.41) is 9.63. The highest BCUT2D eigenvalue weighted by atomic mass is 32.2. The van der Waals surface area contributed by atoms with Gasteiger partial charge >= 0.3 is 0 Å². The topological polar surface area (TPSA) is 46.2 Å². The van der Waals surface area contributed by atoms with E-state index >= 15 is 0 Å². The van der Waals surface area contributed by atoms with E-state index in [0.717, 1.165) is 6.42 Å². The molecule has 1 aromatic carbocycles. The quantitative estimate of drug-likeness (QED) is 0.771. The first-order valence-electron chi connectivity index (χ1n) is 4.70. The number of hydrogen-bond acceptors (Lipinski definition) is 3. The Bertz CT molecular complexity index is 253. The molecular formula is C11H17NOS. The van der Waals surface area contributed by atoms with Gasteiger partial charge in [0.1, 0.15) is 0 Å². The highest BCUT2D eigenvalue weighted by molar-refractivity contribution is 7.98. The number of aliphatic hydroxyl groups is 1. The van der Waals surface area contributed by atoms with Crippen LogP contribution in [0.5, 0.6) is 0 Å². The van der Waals surface area contributed by atoms with Crippen molar-refractivity contribution in [2.45, 2.75) is 18.6 Å². The van der Waals surface area contributed by atoms with Crippen LogP contribution in [0.1, 0.15) is 5.56 Å². The highest BCUT2D eigenvalue weighted by Crippen LogP contribution is 2.07. The van der Waals surface area contributed by atoms with Crippen molar-refractivity contribution in [3.05, 3.63) is 35.9 Å². The maximum absolute atomic E-state index is 9.63. The molecule has 3 heteroatoms. The second-order valence-electron chi connectivity index (χ2n) is 3.38. The third-order valence-electron chi connectivity index (χ3n) is 2.15. The zero-order valence-electron chi connectivity index (χ0n) is 8.39. The van der Waals surface area contributed by atoms with Crippen LogP contribution < -0.4 is 5.73 Å². The van der Waals surface area contributed by atoms with Crippen molar-refractivity contribution in [3.63, 3.8) is 0 Å². The van der Waals surface area contributed by atoms with Gasteiger partial charge in [-0.1, -0.05) is 30.3 Å². The Labute approximate surface area is 89.5 Å². The van der Waals surface area contributed by atoms with Gasteiger partial charge in [-0.05, 0) is 18.2 Å². The molecule has 0 saturated heterocycles. The van der Waals surface area contributed by atoms with Gasteiger partial charge in [0.05, 0.1) is 6.10 Å². The molecule has 0 fully saturated rings. The number of hydrogen-bond donors (Lipinski definition) is 2. The van der Waals surface area contributed by atoms with Crippen LogP contribution in [-0.4, -0.2) is 29.3 Å². The summed E-state index contributed by atoms with van der Waals surface area (Å²) in [7, 11) is 0. The van der Waals surface area contributed by atoms with E-state index in [1.165, 1.54) is 5.56 Å². The van der Waals surface area contributed by atoms with Crippen LogP contribution in [0, 0.1) is 0 Å². The standard InChI is InChI=1S/C11H17NOS/c1-14-8-11(13)10(12)7-9-5-3-2-4-6-9/h2-6,10-11,13H,7-8,12H2,1H3. The lowest BCUT2D eigenvalue weighted by atomic mass is 10.0. The molecule has 0 bridgehead atoms. The summed E-state index contributed by atoms with van der Waals surface area (Å²) in [5.74, 6) is 0.702. The first-order valence-corrected chi connectivity index (χ1v) is 6.10. The van der Waals surface area contributed by atoms with Crippen LogP contribution in [0.3, 0.4) is 0 Å². The molecule has 1 aromatic rings. The maximum Gasteiger partial charge on any atom is 0.0784 e. The molecule has 2 atom stereocenters. The van der Waals surface area contributed by atoms with Crippen molar-refractivity contribution in [2.24, 2.45) is 5.73 Å². The minimum absolute atomic E-state index is 0.162. The number of nitrogens with two attached hydrogens (primary N) is 1. The lowest BCUT2D eigenvalue weighted by molar-refractivity contribution is 0.168. The van der Waals surface area contributed by atoms with Crippen LogP contribution >= 0.6 is 11.8 Å². The largest absolute Gasteiger partial charge is 0.391 e. The Balaban J connectivity index is 2.44. The molecule has 0 spiro atoms. The van der Waals surface area contributed by atoms with Gasteiger partial charge in [-0.3, -0.25) is 0 Å². The predicted octanol–water partition coefficient (Wildman–Crippen LogP) is 1.28. The van der Waals surface area contributed by atoms with Gasteiger partial charge in [-0.2, -0.15) is 11.8 Å². The summed E-state index contributed by atoms with van der Waals surface area (Å²) in [4.78, 5) is 0. The minimum Gasteiger partial charge on any atom is -0.391 e. The monoisotopic (exact) mass is 211 g/mol.